The van der Waals surface area contributed by atoms with Gasteiger partial charge in [0.05, 0.1) is 20.8 Å². The van der Waals surface area contributed by atoms with E-state index in [2.05, 4.69) is 24.5 Å². The van der Waals surface area contributed by atoms with Crippen LogP contribution in [0.4, 0.5) is 0 Å². The first-order chi connectivity index (χ1) is 11.7. The van der Waals surface area contributed by atoms with Gasteiger partial charge in [-0.2, -0.15) is 0 Å². The summed E-state index contributed by atoms with van der Waals surface area (Å²) in [6, 6.07) is 6.41. The Hall–Kier alpha value is -1.18. The largest absolute Gasteiger partial charge is 0.493 e. The fraction of sp³-hybridized carbons (Fsp3) is 0.632. The summed E-state index contributed by atoms with van der Waals surface area (Å²) in [6.07, 6.45) is 5.02. The van der Waals surface area contributed by atoms with E-state index in [9.17, 15) is 0 Å². The highest BCUT2D eigenvalue weighted by molar-refractivity contribution is 14.0. The van der Waals surface area contributed by atoms with Crippen LogP contribution in [0.15, 0.2) is 23.2 Å². The molecule has 2 rings (SSSR count). The second-order valence-electron chi connectivity index (χ2n) is 6.45. The van der Waals surface area contributed by atoms with Crippen LogP contribution in [0.2, 0.25) is 0 Å². The van der Waals surface area contributed by atoms with Crippen molar-refractivity contribution in [3.05, 3.63) is 23.8 Å². The number of guanidine groups is 1. The third-order valence-electron chi connectivity index (χ3n) is 4.59. The highest BCUT2D eigenvalue weighted by Gasteiger charge is 2.19. The number of rotatable bonds is 6. The zero-order valence-corrected chi connectivity index (χ0v) is 18.1. The van der Waals surface area contributed by atoms with Crippen LogP contribution in [0.5, 0.6) is 11.5 Å². The maximum Gasteiger partial charge on any atom is 0.191 e. The molecule has 0 radical (unpaired) electrons. The molecule has 0 atom stereocenters. The number of ether oxygens (including phenoxy) is 2. The molecule has 0 aliphatic heterocycles. The van der Waals surface area contributed by atoms with Crippen molar-refractivity contribution in [1.82, 2.24) is 10.6 Å². The standard InChI is InChI=1S/C19H31N3O2.HI/c1-5-20-19(22-16-11-9-14(2)10-12-16)21-13-15-7-6-8-17(23-3)18(15)24-4;/h6-8,14,16H,5,9-13H2,1-4H3,(H2,20,21,22);1H. The lowest BCUT2D eigenvalue weighted by molar-refractivity contribution is 0.329. The number of aliphatic imine (C=N–C) groups is 1. The lowest BCUT2D eigenvalue weighted by Crippen LogP contribution is -2.44. The quantitative estimate of drug-likeness (QED) is 0.383. The molecule has 0 heterocycles. The zero-order chi connectivity index (χ0) is 17.4. The normalized spacial score (nSPS) is 20.4. The number of nitrogens with zero attached hydrogens (tertiary/aromatic N) is 1. The summed E-state index contributed by atoms with van der Waals surface area (Å²) in [6.45, 7) is 5.83. The predicted octanol–water partition coefficient (Wildman–Crippen LogP) is 3.96. The Morgan fingerprint density at radius 1 is 1.16 bits per heavy atom. The Morgan fingerprint density at radius 2 is 1.88 bits per heavy atom. The van der Waals surface area contributed by atoms with Crippen molar-refractivity contribution in [2.45, 2.75) is 52.1 Å². The topological polar surface area (TPSA) is 54.9 Å². The van der Waals surface area contributed by atoms with Crippen LogP contribution in [-0.2, 0) is 6.54 Å². The Labute approximate surface area is 169 Å². The molecule has 5 nitrogen and oxygen atoms in total. The lowest BCUT2D eigenvalue weighted by Gasteiger charge is -2.28. The van der Waals surface area contributed by atoms with E-state index in [0.717, 1.165) is 35.5 Å². The van der Waals surface area contributed by atoms with Gasteiger partial charge >= 0.3 is 0 Å². The van der Waals surface area contributed by atoms with Crippen molar-refractivity contribution in [2.75, 3.05) is 20.8 Å². The Morgan fingerprint density at radius 3 is 2.48 bits per heavy atom. The van der Waals surface area contributed by atoms with Gasteiger partial charge in [-0.15, -0.1) is 24.0 Å². The van der Waals surface area contributed by atoms with E-state index in [4.69, 9.17) is 14.5 Å². The van der Waals surface area contributed by atoms with Crippen molar-refractivity contribution >= 4 is 29.9 Å². The number of hydrogen-bond donors (Lipinski definition) is 2. The zero-order valence-electron chi connectivity index (χ0n) is 15.8. The van der Waals surface area contributed by atoms with Crippen LogP contribution >= 0.6 is 24.0 Å². The molecule has 0 aromatic heterocycles. The van der Waals surface area contributed by atoms with Gasteiger partial charge in [0.15, 0.2) is 17.5 Å². The third-order valence-corrected chi connectivity index (χ3v) is 4.59. The van der Waals surface area contributed by atoms with Gasteiger partial charge in [0.25, 0.3) is 0 Å². The summed E-state index contributed by atoms with van der Waals surface area (Å²) in [5, 5.41) is 6.92. The van der Waals surface area contributed by atoms with Crippen molar-refractivity contribution in [2.24, 2.45) is 10.9 Å². The van der Waals surface area contributed by atoms with Crippen LogP contribution in [-0.4, -0.2) is 32.8 Å². The number of halogens is 1. The fourth-order valence-electron chi connectivity index (χ4n) is 3.16. The molecule has 1 fully saturated rings. The van der Waals surface area contributed by atoms with E-state index < -0.39 is 0 Å². The number of para-hydroxylation sites is 1. The van der Waals surface area contributed by atoms with Crippen LogP contribution in [0.1, 0.15) is 45.1 Å². The first-order valence-corrected chi connectivity index (χ1v) is 8.92. The van der Waals surface area contributed by atoms with E-state index in [0.29, 0.717) is 12.6 Å². The summed E-state index contributed by atoms with van der Waals surface area (Å²) in [4.78, 5) is 4.74. The molecule has 6 heteroatoms. The third kappa shape index (κ3) is 6.56. The molecule has 142 valence electrons. The molecular formula is C19H32IN3O2. The summed E-state index contributed by atoms with van der Waals surface area (Å²) in [7, 11) is 3.32. The second-order valence-corrected chi connectivity index (χ2v) is 6.45. The van der Waals surface area contributed by atoms with Crippen molar-refractivity contribution in [3.63, 3.8) is 0 Å². The molecule has 1 saturated carbocycles. The molecule has 25 heavy (non-hydrogen) atoms. The van der Waals surface area contributed by atoms with E-state index in [1.54, 1.807) is 14.2 Å². The van der Waals surface area contributed by atoms with Gasteiger partial charge in [0.1, 0.15) is 0 Å². The Bertz CT molecular complexity index is 543. The van der Waals surface area contributed by atoms with Gasteiger partial charge < -0.3 is 20.1 Å². The molecule has 0 spiro atoms. The Kier molecular flexibility index (Phi) is 10.0. The van der Waals surface area contributed by atoms with Crippen LogP contribution in [0, 0.1) is 5.92 Å². The number of hydrogen-bond acceptors (Lipinski definition) is 3. The molecular weight excluding hydrogens is 429 g/mol. The average molecular weight is 461 g/mol. The predicted molar refractivity (Wildman–Crippen MR) is 114 cm³/mol. The highest BCUT2D eigenvalue weighted by Crippen LogP contribution is 2.31. The van der Waals surface area contributed by atoms with Crippen molar-refractivity contribution in [3.8, 4) is 11.5 Å². The van der Waals surface area contributed by atoms with Crippen molar-refractivity contribution < 1.29 is 9.47 Å². The lowest BCUT2D eigenvalue weighted by atomic mass is 9.87. The monoisotopic (exact) mass is 461 g/mol. The maximum absolute atomic E-state index is 5.49. The molecule has 1 aromatic carbocycles. The van der Waals surface area contributed by atoms with E-state index in [1.807, 2.05) is 18.2 Å². The van der Waals surface area contributed by atoms with Crippen LogP contribution in [0.3, 0.4) is 0 Å². The van der Waals surface area contributed by atoms with E-state index in [1.165, 1.54) is 25.7 Å². The number of methoxy groups -OCH3 is 2. The van der Waals surface area contributed by atoms with Gasteiger partial charge in [-0.25, -0.2) is 4.99 Å². The smallest absolute Gasteiger partial charge is 0.191 e. The molecule has 1 aromatic rings. The molecule has 2 N–H and O–H groups in total. The molecule has 0 saturated heterocycles. The number of nitrogens with one attached hydrogen (secondary N) is 2. The highest BCUT2D eigenvalue weighted by atomic mass is 127. The number of benzene rings is 1. The minimum absolute atomic E-state index is 0. The average Bonchev–Trinajstić information content (AvgIpc) is 2.61. The van der Waals surface area contributed by atoms with E-state index >= 15 is 0 Å². The first kappa shape index (κ1) is 21.9. The summed E-state index contributed by atoms with van der Waals surface area (Å²) >= 11 is 0. The van der Waals surface area contributed by atoms with Crippen LogP contribution in [0.25, 0.3) is 0 Å². The minimum atomic E-state index is 0. The molecule has 0 unspecified atom stereocenters. The molecule has 1 aliphatic carbocycles. The second kappa shape index (κ2) is 11.4. The SMILES string of the molecule is CCNC(=NCc1cccc(OC)c1OC)NC1CCC(C)CC1.I. The van der Waals surface area contributed by atoms with Gasteiger partial charge in [-0.05, 0) is 44.6 Å². The van der Waals surface area contributed by atoms with Gasteiger partial charge in [0.2, 0.25) is 0 Å². The van der Waals surface area contributed by atoms with Gasteiger partial charge in [-0.1, -0.05) is 19.1 Å². The summed E-state index contributed by atoms with van der Waals surface area (Å²) < 4.78 is 10.8. The van der Waals surface area contributed by atoms with Crippen molar-refractivity contribution in [1.29, 1.82) is 0 Å². The van der Waals surface area contributed by atoms with Crippen LogP contribution < -0.4 is 20.1 Å². The van der Waals surface area contributed by atoms with Gasteiger partial charge in [-0.3, -0.25) is 0 Å². The summed E-state index contributed by atoms with van der Waals surface area (Å²) in [5.41, 5.74) is 1.02. The minimum Gasteiger partial charge on any atom is -0.493 e. The van der Waals surface area contributed by atoms with Gasteiger partial charge in [0, 0.05) is 18.2 Å². The molecule has 0 amide bonds. The van der Waals surface area contributed by atoms with E-state index in [-0.39, 0.29) is 24.0 Å². The fourth-order valence-corrected chi connectivity index (χ4v) is 3.16. The summed E-state index contributed by atoms with van der Waals surface area (Å²) in [5.74, 6) is 3.22. The first-order valence-electron chi connectivity index (χ1n) is 8.92. The molecule has 1 aliphatic rings. The maximum atomic E-state index is 5.49. The Balaban J connectivity index is 0.00000312. The molecule has 0 bridgehead atoms.